The Bertz CT molecular complexity index is 460. The second-order valence-electron chi connectivity index (χ2n) is 5.63. The summed E-state index contributed by atoms with van der Waals surface area (Å²) in [5.41, 5.74) is 1.58. The summed E-state index contributed by atoms with van der Waals surface area (Å²) in [7, 11) is 1.71. The molecule has 1 amide bonds. The van der Waals surface area contributed by atoms with Crippen LogP contribution in [0, 0.1) is 0 Å². The quantitative estimate of drug-likeness (QED) is 0.869. The van der Waals surface area contributed by atoms with Gasteiger partial charge in [-0.25, -0.2) is 0 Å². The van der Waals surface area contributed by atoms with Gasteiger partial charge in [0.05, 0.1) is 17.7 Å². The van der Waals surface area contributed by atoms with Gasteiger partial charge in [0.1, 0.15) is 0 Å². The highest BCUT2D eigenvalue weighted by atomic mass is 16.5. The molecule has 0 bridgehead atoms. The van der Waals surface area contributed by atoms with Crippen LogP contribution in [0.25, 0.3) is 0 Å². The summed E-state index contributed by atoms with van der Waals surface area (Å²) in [6, 6.07) is 8.05. The van der Waals surface area contributed by atoms with Crippen molar-refractivity contribution in [3.63, 3.8) is 0 Å². The van der Waals surface area contributed by atoms with Crippen LogP contribution in [-0.4, -0.2) is 31.2 Å². The van der Waals surface area contributed by atoms with Crippen LogP contribution in [0.1, 0.15) is 43.5 Å². The lowest BCUT2D eigenvalue weighted by molar-refractivity contribution is 0.0722. The highest BCUT2D eigenvalue weighted by Gasteiger charge is 2.29. The number of carbonyl (C=O) groups excluding carboxylic acids is 1. The fraction of sp³-hybridized carbons (Fsp3) is 0.562. The molecule has 1 saturated carbocycles. The lowest BCUT2D eigenvalue weighted by Gasteiger charge is -2.21. The van der Waals surface area contributed by atoms with Crippen LogP contribution in [-0.2, 0) is 4.74 Å². The Balaban J connectivity index is 2.09. The summed E-state index contributed by atoms with van der Waals surface area (Å²) < 4.78 is 5.42. The van der Waals surface area contributed by atoms with E-state index in [9.17, 15) is 4.79 Å². The van der Waals surface area contributed by atoms with Crippen LogP contribution in [0.5, 0.6) is 0 Å². The Morgan fingerprint density at radius 2 is 2.05 bits per heavy atom. The van der Waals surface area contributed by atoms with Crippen molar-refractivity contribution in [1.82, 2.24) is 5.32 Å². The van der Waals surface area contributed by atoms with Crippen molar-refractivity contribution in [3.05, 3.63) is 29.8 Å². The number of ether oxygens (including phenoxy) is 1. The molecule has 0 aliphatic heterocycles. The van der Waals surface area contributed by atoms with Crippen LogP contribution < -0.4 is 10.6 Å². The molecule has 1 aliphatic carbocycles. The summed E-state index contributed by atoms with van der Waals surface area (Å²) in [6.45, 7) is 4.12. The molecule has 0 spiro atoms. The molecule has 1 fully saturated rings. The molecule has 0 saturated heterocycles. The predicted octanol–water partition coefficient (Wildman–Crippen LogP) is 2.80. The molecule has 20 heavy (non-hydrogen) atoms. The second kappa shape index (κ2) is 6.75. The third-order valence-corrected chi connectivity index (χ3v) is 3.69. The average Bonchev–Trinajstić information content (AvgIpc) is 2.85. The first-order chi connectivity index (χ1) is 9.61. The minimum atomic E-state index is -0.0253. The lowest BCUT2D eigenvalue weighted by atomic mass is 10.1. The maximum atomic E-state index is 12.5. The van der Waals surface area contributed by atoms with Gasteiger partial charge in [0.25, 0.3) is 5.91 Å². The summed E-state index contributed by atoms with van der Waals surface area (Å²) in [5, 5.41) is 6.42. The summed E-state index contributed by atoms with van der Waals surface area (Å²) in [4.78, 5) is 12.5. The minimum Gasteiger partial charge on any atom is -0.382 e. The fourth-order valence-corrected chi connectivity index (χ4v) is 2.74. The maximum Gasteiger partial charge on any atom is 0.253 e. The van der Waals surface area contributed by atoms with E-state index in [0.29, 0.717) is 11.6 Å². The molecular formula is C16H24N2O2. The number of nitrogens with one attached hydrogen (secondary N) is 2. The fourth-order valence-electron chi connectivity index (χ4n) is 2.74. The van der Waals surface area contributed by atoms with E-state index in [0.717, 1.165) is 24.9 Å². The van der Waals surface area contributed by atoms with Crippen LogP contribution in [0.3, 0.4) is 0 Å². The van der Waals surface area contributed by atoms with E-state index < -0.39 is 0 Å². The molecule has 2 rings (SSSR count). The molecule has 2 unspecified atom stereocenters. The maximum absolute atomic E-state index is 12.5. The van der Waals surface area contributed by atoms with Crippen molar-refractivity contribution in [2.45, 2.75) is 51.3 Å². The topological polar surface area (TPSA) is 50.4 Å². The standard InChI is InChI=1S/C16H24N2O2/c1-11(2)17-13-8-5-4-7-12(13)16(19)18-14-9-6-10-15(14)20-3/h4-5,7-8,11,14-15,17H,6,9-10H2,1-3H3,(H,18,19). The van der Waals surface area contributed by atoms with Gasteiger partial charge in [0.15, 0.2) is 0 Å². The number of rotatable bonds is 5. The Morgan fingerprint density at radius 3 is 2.75 bits per heavy atom. The number of hydrogen-bond donors (Lipinski definition) is 2. The van der Waals surface area contributed by atoms with Crippen LogP contribution in [0.15, 0.2) is 24.3 Å². The van der Waals surface area contributed by atoms with Gasteiger partial charge < -0.3 is 15.4 Å². The number of hydrogen-bond acceptors (Lipinski definition) is 3. The first kappa shape index (κ1) is 14.9. The number of methoxy groups -OCH3 is 1. The minimum absolute atomic E-state index is 0.0253. The van der Waals surface area contributed by atoms with Gasteiger partial charge in [-0.15, -0.1) is 0 Å². The van der Waals surface area contributed by atoms with Gasteiger partial charge in [-0.2, -0.15) is 0 Å². The highest BCUT2D eigenvalue weighted by Crippen LogP contribution is 2.23. The molecule has 0 heterocycles. The normalized spacial score (nSPS) is 22.0. The number of amides is 1. The molecular weight excluding hydrogens is 252 g/mol. The monoisotopic (exact) mass is 276 g/mol. The zero-order chi connectivity index (χ0) is 14.5. The van der Waals surface area contributed by atoms with Crippen molar-refractivity contribution >= 4 is 11.6 Å². The van der Waals surface area contributed by atoms with Crippen molar-refractivity contribution < 1.29 is 9.53 Å². The smallest absolute Gasteiger partial charge is 0.253 e. The van der Waals surface area contributed by atoms with E-state index in [1.165, 1.54) is 0 Å². The number of carbonyl (C=O) groups is 1. The first-order valence-electron chi connectivity index (χ1n) is 7.31. The van der Waals surface area contributed by atoms with Gasteiger partial charge in [-0.05, 0) is 45.2 Å². The van der Waals surface area contributed by atoms with Crippen LogP contribution in [0.4, 0.5) is 5.69 Å². The molecule has 4 heteroatoms. The molecule has 2 N–H and O–H groups in total. The molecule has 0 radical (unpaired) electrons. The van der Waals surface area contributed by atoms with Gasteiger partial charge >= 0.3 is 0 Å². The van der Waals surface area contributed by atoms with Crippen molar-refractivity contribution in [2.24, 2.45) is 0 Å². The van der Waals surface area contributed by atoms with Gasteiger partial charge in [0.2, 0.25) is 0 Å². The Kier molecular flexibility index (Phi) is 5.01. The van der Waals surface area contributed by atoms with Crippen LogP contribution >= 0.6 is 0 Å². The SMILES string of the molecule is COC1CCCC1NC(=O)c1ccccc1NC(C)C. The van der Waals surface area contributed by atoms with E-state index in [1.54, 1.807) is 7.11 Å². The lowest BCUT2D eigenvalue weighted by Crippen LogP contribution is -2.41. The highest BCUT2D eigenvalue weighted by molar-refractivity contribution is 5.99. The van der Waals surface area contributed by atoms with E-state index in [2.05, 4.69) is 24.5 Å². The van der Waals surface area contributed by atoms with Crippen LogP contribution in [0.2, 0.25) is 0 Å². The van der Waals surface area contributed by atoms with Gasteiger partial charge in [0, 0.05) is 18.8 Å². The summed E-state index contributed by atoms with van der Waals surface area (Å²) >= 11 is 0. The Hall–Kier alpha value is -1.55. The summed E-state index contributed by atoms with van der Waals surface area (Å²) in [5.74, 6) is -0.0253. The zero-order valence-corrected chi connectivity index (χ0v) is 12.5. The largest absolute Gasteiger partial charge is 0.382 e. The third-order valence-electron chi connectivity index (χ3n) is 3.69. The molecule has 2 atom stereocenters. The first-order valence-corrected chi connectivity index (χ1v) is 7.31. The zero-order valence-electron chi connectivity index (χ0n) is 12.5. The Labute approximate surface area is 120 Å². The predicted molar refractivity (Wildman–Crippen MR) is 81.1 cm³/mol. The van der Waals surface area contributed by atoms with Gasteiger partial charge in [-0.3, -0.25) is 4.79 Å². The number of anilines is 1. The van der Waals surface area contributed by atoms with Gasteiger partial charge in [-0.1, -0.05) is 12.1 Å². The van der Waals surface area contributed by atoms with Crippen molar-refractivity contribution in [1.29, 1.82) is 0 Å². The Morgan fingerprint density at radius 1 is 1.30 bits per heavy atom. The average molecular weight is 276 g/mol. The molecule has 1 aromatic carbocycles. The molecule has 4 nitrogen and oxygen atoms in total. The summed E-state index contributed by atoms with van der Waals surface area (Å²) in [6.07, 6.45) is 3.26. The molecule has 110 valence electrons. The number of benzene rings is 1. The second-order valence-corrected chi connectivity index (χ2v) is 5.63. The molecule has 0 aromatic heterocycles. The van der Waals surface area contributed by atoms with E-state index in [-0.39, 0.29) is 18.1 Å². The van der Waals surface area contributed by atoms with E-state index >= 15 is 0 Å². The number of para-hydroxylation sites is 1. The van der Waals surface area contributed by atoms with E-state index in [4.69, 9.17) is 4.74 Å². The van der Waals surface area contributed by atoms with Crippen molar-refractivity contribution in [3.8, 4) is 0 Å². The molecule has 1 aromatic rings. The third kappa shape index (κ3) is 3.51. The molecule has 1 aliphatic rings. The van der Waals surface area contributed by atoms with Crippen molar-refractivity contribution in [2.75, 3.05) is 12.4 Å². The van der Waals surface area contributed by atoms with E-state index in [1.807, 2.05) is 24.3 Å².